The first-order valence-corrected chi connectivity index (χ1v) is 7.01. The minimum atomic E-state index is -0.632. The second-order valence-electron chi connectivity index (χ2n) is 4.82. The van der Waals surface area contributed by atoms with E-state index in [1.807, 2.05) is 26.0 Å². The molecule has 1 aromatic carbocycles. The number of hydrogen-bond donors (Lipinski definition) is 1. The van der Waals surface area contributed by atoms with Crippen LogP contribution in [0.3, 0.4) is 0 Å². The topological polar surface area (TPSA) is 51.2 Å². The molecule has 2 rings (SSSR count). The van der Waals surface area contributed by atoms with Crippen LogP contribution in [0.1, 0.15) is 18.2 Å². The summed E-state index contributed by atoms with van der Waals surface area (Å²) in [6.45, 7) is 5.44. The van der Waals surface area contributed by atoms with Gasteiger partial charge >= 0.3 is 0 Å². The van der Waals surface area contributed by atoms with E-state index in [0.29, 0.717) is 16.6 Å². The summed E-state index contributed by atoms with van der Waals surface area (Å²) in [6.07, 6.45) is -0.632. The van der Waals surface area contributed by atoms with E-state index in [1.165, 1.54) is 0 Å². The van der Waals surface area contributed by atoms with E-state index in [9.17, 15) is 4.79 Å². The second-order valence-corrected chi connectivity index (χ2v) is 5.23. The van der Waals surface area contributed by atoms with Crippen LogP contribution >= 0.6 is 11.6 Å². The van der Waals surface area contributed by atoms with Gasteiger partial charge < -0.3 is 10.1 Å². The van der Waals surface area contributed by atoms with E-state index >= 15 is 0 Å². The summed E-state index contributed by atoms with van der Waals surface area (Å²) in [5.41, 5.74) is 1.75. The Morgan fingerprint density at radius 1 is 1.29 bits per heavy atom. The molecule has 1 aromatic heterocycles. The number of pyridine rings is 1. The van der Waals surface area contributed by atoms with E-state index in [1.54, 1.807) is 31.2 Å². The molecule has 1 N–H and O–H groups in total. The Kier molecular flexibility index (Phi) is 4.81. The molecule has 0 saturated heterocycles. The summed E-state index contributed by atoms with van der Waals surface area (Å²) in [6, 6.07) is 10.7. The zero-order chi connectivity index (χ0) is 15.4. The van der Waals surface area contributed by atoms with E-state index in [2.05, 4.69) is 10.3 Å². The maximum absolute atomic E-state index is 12.1. The van der Waals surface area contributed by atoms with Crippen LogP contribution in [0, 0.1) is 13.8 Å². The van der Waals surface area contributed by atoms with Gasteiger partial charge in [0.2, 0.25) is 0 Å². The molecule has 110 valence electrons. The summed E-state index contributed by atoms with van der Waals surface area (Å²) in [7, 11) is 0. The number of hydrogen-bond acceptors (Lipinski definition) is 3. The van der Waals surface area contributed by atoms with E-state index < -0.39 is 6.10 Å². The van der Waals surface area contributed by atoms with Crippen molar-refractivity contribution >= 4 is 23.3 Å². The molecule has 0 saturated carbocycles. The lowest BCUT2D eigenvalue weighted by Crippen LogP contribution is -2.30. The first kappa shape index (κ1) is 15.3. The number of carbonyl (C=O) groups excluding carboxylic acids is 1. The summed E-state index contributed by atoms with van der Waals surface area (Å²) in [5, 5.41) is 3.40. The number of halogens is 1. The van der Waals surface area contributed by atoms with Gasteiger partial charge in [0, 0.05) is 10.7 Å². The minimum Gasteiger partial charge on any atom is -0.481 e. The molecule has 0 spiro atoms. The Hall–Kier alpha value is -2.07. The number of rotatable bonds is 4. The van der Waals surface area contributed by atoms with Crippen molar-refractivity contribution in [3.05, 3.63) is 52.7 Å². The van der Waals surface area contributed by atoms with Crippen molar-refractivity contribution in [1.82, 2.24) is 4.98 Å². The van der Waals surface area contributed by atoms with E-state index in [-0.39, 0.29) is 5.91 Å². The third-order valence-electron chi connectivity index (χ3n) is 2.95. The van der Waals surface area contributed by atoms with Crippen LogP contribution in [-0.4, -0.2) is 17.0 Å². The number of nitrogens with zero attached hydrogens (tertiary/aromatic N) is 1. The minimum absolute atomic E-state index is 0.249. The normalized spacial score (nSPS) is 11.8. The van der Waals surface area contributed by atoms with Crippen LogP contribution in [0.5, 0.6) is 5.75 Å². The average molecular weight is 305 g/mol. The number of carbonyl (C=O) groups is 1. The summed E-state index contributed by atoms with van der Waals surface area (Å²) in [4.78, 5) is 16.3. The maximum Gasteiger partial charge on any atom is 0.266 e. The zero-order valence-electron chi connectivity index (χ0n) is 12.2. The molecule has 0 bridgehead atoms. The van der Waals surface area contributed by atoms with Gasteiger partial charge in [0.25, 0.3) is 5.91 Å². The highest BCUT2D eigenvalue weighted by Gasteiger charge is 2.15. The van der Waals surface area contributed by atoms with Crippen molar-refractivity contribution in [2.45, 2.75) is 26.9 Å². The Morgan fingerprint density at radius 3 is 2.71 bits per heavy atom. The van der Waals surface area contributed by atoms with E-state index in [4.69, 9.17) is 16.3 Å². The number of ether oxygens (including phenoxy) is 1. The van der Waals surface area contributed by atoms with Crippen molar-refractivity contribution < 1.29 is 9.53 Å². The highest BCUT2D eigenvalue weighted by molar-refractivity contribution is 6.31. The number of aromatic nitrogens is 1. The monoisotopic (exact) mass is 304 g/mol. The number of nitrogens with one attached hydrogen (secondary N) is 1. The quantitative estimate of drug-likeness (QED) is 0.935. The Balaban J connectivity index is 2.00. The molecule has 4 nitrogen and oxygen atoms in total. The van der Waals surface area contributed by atoms with Crippen molar-refractivity contribution in [1.29, 1.82) is 0 Å². The van der Waals surface area contributed by atoms with Crippen LogP contribution < -0.4 is 10.1 Å². The smallest absolute Gasteiger partial charge is 0.266 e. The maximum atomic E-state index is 12.1. The van der Waals surface area contributed by atoms with Gasteiger partial charge in [-0.3, -0.25) is 4.79 Å². The number of benzene rings is 1. The van der Waals surface area contributed by atoms with Crippen LogP contribution in [-0.2, 0) is 4.79 Å². The molecular weight excluding hydrogens is 288 g/mol. The van der Waals surface area contributed by atoms with Gasteiger partial charge in [-0.15, -0.1) is 0 Å². The molecule has 1 atom stereocenters. The fraction of sp³-hybridized carbons (Fsp3) is 0.250. The fourth-order valence-corrected chi connectivity index (χ4v) is 1.91. The predicted octanol–water partition coefficient (Wildman–Crippen LogP) is 3.76. The summed E-state index contributed by atoms with van der Waals surface area (Å²) >= 11 is 5.96. The second kappa shape index (κ2) is 6.59. The standard InChI is InChI=1S/C16H17ClN2O2/c1-10-9-13(7-8-14(10)17)21-12(3)16(20)19-15-6-4-5-11(2)18-15/h4-9,12H,1-3H3,(H,18,19,20)/t12-/m0/s1. The van der Waals surface area contributed by atoms with Gasteiger partial charge in [0.15, 0.2) is 6.10 Å². The molecular formula is C16H17ClN2O2. The highest BCUT2D eigenvalue weighted by Crippen LogP contribution is 2.22. The third kappa shape index (κ3) is 4.20. The molecule has 0 aliphatic rings. The van der Waals surface area contributed by atoms with Gasteiger partial charge in [-0.2, -0.15) is 0 Å². The predicted molar refractivity (Wildman–Crippen MR) is 83.9 cm³/mol. The number of amides is 1. The Morgan fingerprint density at radius 2 is 2.05 bits per heavy atom. The Bertz CT molecular complexity index is 658. The lowest BCUT2D eigenvalue weighted by atomic mass is 10.2. The number of anilines is 1. The molecule has 0 aliphatic heterocycles. The van der Waals surface area contributed by atoms with Gasteiger partial charge in [-0.1, -0.05) is 17.7 Å². The average Bonchev–Trinajstić information content (AvgIpc) is 2.43. The fourth-order valence-electron chi connectivity index (χ4n) is 1.79. The first-order valence-electron chi connectivity index (χ1n) is 6.63. The van der Waals surface area contributed by atoms with Crippen molar-refractivity contribution in [3.63, 3.8) is 0 Å². The molecule has 1 amide bonds. The highest BCUT2D eigenvalue weighted by atomic mass is 35.5. The van der Waals surface area contributed by atoms with Crippen LogP contribution in [0.4, 0.5) is 5.82 Å². The lowest BCUT2D eigenvalue weighted by Gasteiger charge is -2.15. The van der Waals surface area contributed by atoms with Crippen molar-refractivity contribution in [2.24, 2.45) is 0 Å². The first-order chi connectivity index (χ1) is 9.95. The molecule has 2 aromatic rings. The summed E-state index contributed by atoms with van der Waals surface area (Å²) < 4.78 is 5.62. The SMILES string of the molecule is Cc1cccc(NC(=O)[C@H](C)Oc2ccc(Cl)c(C)c2)n1. The third-order valence-corrected chi connectivity index (χ3v) is 3.38. The largest absolute Gasteiger partial charge is 0.481 e. The molecule has 21 heavy (non-hydrogen) atoms. The van der Waals surface area contributed by atoms with Crippen molar-refractivity contribution in [3.8, 4) is 5.75 Å². The van der Waals surface area contributed by atoms with Gasteiger partial charge in [-0.25, -0.2) is 4.98 Å². The van der Waals surface area contributed by atoms with E-state index in [0.717, 1.165) is 11.3 Å². The number of aryl methyl sites for hydroxylation is 2. The molecule has 0 fully saturated rings. The summed E-state index contributed by atoms with van der Waals surface area (Å²) in [5.74, 6) is 0.875. The van der Waals surface area contributed by atoms with Crippen LogP contribution in [0.15, 0.2) is 36.4 Å². The lowest BCUT2D eigenvalue weighted by molar-refractivity contribution is -0.122. The molecule has 0 radical (unpaired) electrons. The molecule has 0 aliphatic carbocycles. The molecule has 5 heteroatoms. The van der Waals surface area contributed by atoms with Crippen LogP contribution in [0.25, 0.3) is 0 Å². The molecule has 1 heterocycles. The van der Waals surface area contributed by atoms with Gasteiger partial charge in [0.05, 0.1) is 0 Å². The van der Waals surface area contributed by atoms with Gasteiger partial charge in [0.1, 0.15) is 11.6 Å². The Labute approximate surface area is 129 Å². The van der Waals surface area contributed by atoms with Crippen LogP contribution in [0.2, 0.25) is 5.02 Å². The van der Waals surface area contributed by atoms with Crippen molar-refractivity contribution in [2.75, 3.05) is 5.32 Å². The van der Waals surface area contributed by atoms with Gasteiger partial charge in [-0.05, 0) is 56.7 Å². The zero-order valence-corrected chi connectivity index (χ0v) is 12.9. The molecule has 0 unspecified atom stereocenters.